The average Bonchev–Trinajstić information content (AvgIpc) is 3.25. The fraction of sp³-hybridized carbons (Fsp3) is 0.350. The number of rotatable bonds is 5. The molecule has 1 saturated heterocycles. The molecule has 1 aliphatic heterocycles. The minimum Gasteiger partial charge on any atom is -0.360 e. The number of carbonyl (C=O) groups is 2. The van der Waals surface area contributed by atoms with E-state index in [1.807, 2.05) is 31.2 Å². The summed E-state index contributed by atoms with van der Waals surface area (Å²) in [5.74, 6) is 0.276. The van der Waals surface area contributed by atoms with Crippen molar-refractivity contribution >= 4 is 28.5 Å². The van der Waals surface area contributed by atoms with Gasteiger partial charge in [0.1, 0.15) is 5.82 Å². The van der Waals surface area contributed by atoms with Gasteiger partial charge in [-0.15, -0.1) is 0 Å². The first-order valence-electron chi connectivity index (χ1n) is 9.54. The maximum Gasteiger partial charge on any atom is 0.258 e. The summed E-state index contributed by atoms with van der Waals surface area (Å²) >= 11 is 0. The van der Waals surface area contributed by atoms with E-state index in [4.69, 9.17) is 0 Å². The SMILES string of the molecule is CCCC1CC(=O)NC(n2nc(C)cc2NC(=O)c2c[nH]c3ccccc23)N1. The Balaban J connectivity index is 1.59. The lowest BCUT2D eigenvalue weighted by molar-refractivity contribution is -0.125. The van der Waals surface area contributed by atoms with Gasteiger partial charge in [-0.3, -0.25) is 14.9 Å². The number of carbonyl (C=O) groups excluding carboxylic acids is 2. The van der Waals surface area contributed by atoms with Crippen molar-refractivity contribution in [3.8, 4) is 0 Å². The number of aromatic amines is 1. The second kappa shape index (κ2) is 7.47. The topological polar surface area (TPSA) is 104 Å². The van der Waals surface area contributed by atoms with Crippen molar-refractivity contribution in [3.05, 3.63) is 47.8 Å². The zero-order valence-electron chi connectivity index (χ0n) is 16.0. The first kappa shape index (κ1) is 18.2. The van der Waals surface area contributed by atoms with E-state index >= 15 is 0 Å². The maximum absolute atomic E-state index is 12.9. The maximum atomic E-state index is 12.9. The summed E-state index contributed by atoms with van der Waals surface area (Å²) in [4.78, 5) is 28.1. The summed E-state index contributed by atoms with van der Waals surface area (Å²) in [6.07, 6.45) is 3.54. The molecule has 8 nitrogen and oxygen atoms in total. The van der Waals surface area contributed by atoms with Crippen molar-refractivity contribution in [1.29, 1.82) is 0 Å². The van der Waals surface area contributed by atoms with Gasteiger partial charge in [-0.05, 0) is 19.4 Å². The lowest BCUT2D eigenvalue weighted by atomic mass is 10.1. The standard InChI is InChI=1S/C20H24N6O2/c1-3-6-13-10-18(27)24-20(22-13)26-17(9-12(2)25-26)23-19(28)15-11-21-16-8-5-4-7-14(15)16/h4-5,7-9,11,13,20-22H,3,6,10H2,1-2H3,(H,23,28)(H,24,27). The van der Waals surface area contributed by atoms with Crippen molar-refractivity contribution in [2.24, 2.45) is 0 Å². The number of aromatic nitrogens is 3. The van der Waals surface area contributed by atoms with Crippen LogP contribution in [0.4, 0.5) is 5.82 Å². The Kier molecular flexibility index (Phi) is 4.87. The van der Waals surface area contributed by atoms with E-state index in [2.05, 4.69) is 33.0 Å². The summed E-state index contributed by atoms with van der Waals surface area (Å²) in [7, 11) is 0. The Labute approximate surface area is 162 Å². The molecule has 8 heteroatoms. The molecule has 3 heterocycles. The highest BCUT2D eigenvalue weighted by Crippen LogP contribution is 2.22. The smallest absolute Gasteiger partial charge is 0.258 e. The summed E-state index contributed by atoms with van der Waals surface area (Å²) in [6, 6.07) is 9.53. The molecule has 2 atom stereocenters. The summed E-state index contributed by atoms with van der Waals surface area (Å²) in [5, 5.41) is 14.6. The Morgan fingerprint density at radius 2 is 2.18 bits per heavy atom. The van der Waals surface area contributed by atoms with E-state index < -0.39 is 6.29 Å². The minimum atomic E-state index is -0.496. The van der Waals surface area contributed by atoms with Gasteiger partial charge in [0.25, 0.3) is 5.91 Å². The van der Waals surface area contributed by atoms with Crippen molar-refractivity contribution in [2.75, 3.05) is 5.32 Å². The zero-order valence-corrected chi connectivity index (χ0v) is 16.0. The number of H-pyrrole nitrogens is 1. The van der Waals surface area contributed by atoms with E-state index in [-0.39, 0.29) is 17.9 Å². The van der Waals surface area contributed by atoms with Crippen LogP contribution < -0.4 is 16.0 Å². The molecule has 0 bridgehead atoms. The molecule has 0 aliphatic carbocycles. The average molecular weight is 380 g/mol. The molecule has 0 spiro atoms. The van der Waals surface area contributed by atoms with E-state index in [9.17, 15) is 9.59 Å². The highest BCUT2D eigenvalue weighted by Gasteiger charge is 2.28. The first-order valence-corrected chi connectivity index (χ1v) is 9.54. The third kappa shape index (κ3) is 3.50. The van der Waals surface area contributed by atoms with E-state index in [0.717, 1.165) is 29.4 Å². The quantitative estimate of drug-likeness (QED) is 0.546. The van der Waals surface area contributed by atoms with Crippen LogP contribution >= 0.6 is 0 Å². The van der Waals surface area contributed by atoms with Gasteiger partial charge < -0.3 is 15.6 Å². The van der Waals surface area contributed by atoms with E-state index in [0.29, 0.717) is 17.8 Å². The largest absolute Gasteiger partial charge is 0.360 e. The molecular formula is C20H24N6O2. The molecule has 4 rings (SSSR count). The van der Waals surface area contributed by atoms with Crippen LogP contribution in [0.15, 0.2) is 36.5 Å². The normalized spacial score (nSPS) is 19.6. The first-order chi connectivity index (χ1) is 13.5. The van der Waals surface area contributed by atoms with Gasteiger partial charge in [0, 0.05) is 35.6 Å². The molecule has 2 unspecified atom stereocenters. The zero-order chi connectivity index (χ0) is 19.7. The van der Waals surface area contributed by atoms with Gasteiger partial charge >= 0.3 is 0 Å². The number of amides is 2. The van der Waals surface area contributed by atoms with Crippen molar-refractivity contribution in [2.45, 2.75) is 45.4 Å². The monoisotopic (exact) mass is 380 g/mol. The third-order valence-electron chi connectivity index (χ3n) is 4.94. The molecule has 0 saturated carbocycles. The van der Waals surface area contributed by atoms with Crippen LogP contribution in [0.3, 0.4) is 0 Å². The summed E-state index contributed by atoms with van der Waals surface area (Å²) < 4.78 is 1.63. The number of nitrogens with zero attached hydrogens (tertiary/aromatic N) is 2. The highest BCUT2D eigenvalue weighted by atomic mass is 16.2. The molecule has 1 fully saturated rings. The number of benzene rings is 1. The fourth-order valence-corrected chi connectivity index (χ4v) is 3.67. The number of fused-ring (bicyclic) bond motifs is 1. The number of hydrogen-bond donors (Lipinski definition) is 4. The Morgan fingerprint density at radius 3 is 3.00 bits per heavy atom. The van der Waals surface area contributed by atoms with Crippen LogP contribution in [0.1, 0.15) is 48.5 Å². The minimum absolute atomic E-state index is 0.0238. The van der Waals surface area contributed by atoms with Crippen molar-refractivity contribution in [1.82, 2.24) is 25.4 Å². The molecule has 2 aromatic heterocycles. The van der Waals surface area contributed by atoms with Crippen LogP contribution in [-0.4, -0.2) is 32.6 Å². The second-order valence-electron chi connectivity index (χ2n) is 7.14. The Morgan fingerprint density at radius 1 is 1.36 bits per heavy atom. The van der Waals surface area contributed by atoms with Crippen LogP contribution in [0.5, 0.6) is 0 Å². The molecule has 0 radical (unpaired) electrons. The molecular weight excluding hydrogens is 356 g/mol. The molecule has 4 N–H and O–H groups in total. The second-order valence-corrected chi connectivity index (χ2v) is 7.14. The predicted molar refractivity (Wildman–Crippen MR) is 107 cm³/mol. The molecule has 2 amide bonds. The fourth-order valence-electron chi connectivity index (χ4n) is 3.67. The van der Waals surface area contributed by atoms with Gasteiger partial charge in [0.05, 0.1) is 11.3 Å². The number of para-hydroxylation sites is 1. The molecule has 28 heavy (non-hydrogen) atoms. The van der Waals surface area contributed by atoms with Crippen molar-refractivity contribution < 1.29 is 9.59 Å². The van der Waals surface area contributed by atoms with Crippen LogP contribution in [0, 0.1) is 6.92 Å². The number of aryl methyl sites for hydroxylation is 1. The van der Waals surface area contributed by atoms with Crippen LogP contribution in [-0.2, 0) is 4.79 Å². The molecule has 1 aromatic carbocycles. The molecule has 146 valence electrons. The molecule has 1 aliphatic rings. The van der Waals surface area contributed by atoms with Crippen molar-refractivity contribution in [3.63, 3.8) is 0 Å². The van der Waals surface area contributed by atoms with Gasteiger partial charge in [-0.25, -0.2) is 4.68 Å². The van der Waals surface area contributed by atoms with Gasteiger partial charge in [0.15, 0.2) is 6.29 Å². The Hall–Kier alpha value is -3.13. The van der Waals surface area contributed by atoms with Crippen LogP contribution in [0.25, 0.3) is 10.9 Å². The summed E-state index contributed by atoms with van der Waals surface area (Å²) in [5.41, 5.74) is 2.22. The lowest BCUT2D eigenvalue weighted by Crippen LogP contribution is -2.53. The number of hydrogen-bond acceptors (Lipinski definition) is 4. The molecule has 3 aromatic rings. The Bertz CT molecular complexity index is 1020. The van der Waals surface area contributed by atoms with E-state index in [1.165, 1.54) is 0 Å². The van der Waals surface area contributed by atoms with E-state index in [1.54, 1.807) is 16.9 Å². The summed E-state index contributed by atoms with van der Waals surface area (Å²) in [6.45, 7) is 3.94. The van der Waals surface area contributed by atoms with Gasteiger partial charge in [-0.1, -0.05) is 31.5 Å². The lowest BCUT2D eigenvalue weighted by Gasteiger charge is -2.32. The highest BCUT2D eigenvalue weighted by molar-refractivity contribution is 6.12. The van der Waals surface area contributed by atoms with Gasteiger partial charge in [0.2, 0.25) is 5.91 Å². The predicted octanol–water partition coefficient (Wildman–Crippen LogP) is 2.66. The van der Waals surface area contributed by atoms with Gasteiger partial charge in [-0.2, -0.15) is 5.10 Å². The van der Waals surface area contributed by atoms with Crippen LogP contribution in [0.2, 0.25) is 0 Å². The third-order valence-corrected chi connectivity index (χ3v) is 4.94. The number of nitrogens with one attached hydrogen (secondary N) is 4. The number of anilines is 1.